The van der Waals surface area contributed by atoms with E-state index >= 15 is 0 Å². The van der Waals surface area contributed by atoms with Crippen molar-refractivity contribution >= 4 is 5.91 Å². The Morgan fingerprint density at radius 2 is 1.92 bits per heavy atom. The van der Waals surface area contributed by atoms with E-state index < -0.39 is 0 Å². The summed E-state index contributed by atoms with van der Waals surface area (Å²) in [5.74, 6) is 0.0136. The monoisotopic (exact) mass is 320 g/mol. The standard InChI is InChI=1S/C19H20N4O/c20-13-18-14-22(10-11-23(18)16-6-7-16)19(24)15-4-3-5-17(12-15)21-8-1-2-9-21/h1-5,8-9,12,16,18H,6-7,10-11,14H2. The highest BCUT2D eigenvalue weighted by atomic mass is 16.2. The molecule has 0 N–H and O–H groups in total. The second-order valence-corrected chi connectivity index (χ2v) is 6.51. The molecule has 5 nitrogen and oxygen atoms in total. The molecule has 1 aromatic carbocycles. The van der Waals surface area contributed by atoms with Crippen LogP contribution in [0.1, 0.15) is 23.2 Å². The van der Waals surface area contributed by atoms with Gasteiger partial charge in [-0.2, -0.15) is 5.26 Å². The Labute approximate surface area is 141 Å². The Morgan fingerprint density at radius 1 is 1.12 bits per heavy atom. The van der Waals surface area contributed by atoms with Crippen molar-refractivity contribution in [2.75, 3.05) is 19.6 Å². The van der Waals surface area contributed by atoms with Gasteiger partial charge in [0.25, 0.3) is 5.91 Å². The third kappa shape index (κ3) is 2.81. The van der Waals surface area contributed by atoms with Crippen LogP contribution < -0.4 is 0 Å². The van der Waals surface area contributed by atoms with E-state index in [0.29, 0.717) is 24.7 Å². The van der Waals surface area contributed by atoms with Crippen molar-refractivity contribution in [1.82, 2.24) is 14.4 Å². The van der Waals surface area contributed by atoms with Crippen LogP contribution in [0.4, 0.5) is 0 Å². The lowest BCUT2D eigenvalue weighted by Crippen LogP contribution is -2.54. The van der Waals surface area contributed by atoms with E-state index in [0.717, 1.165) is 12.2 Å². The number of benzene rings is 1. The summed E-state index contributed by atoms with van der Waals surface area (Å²) in [5.41, 5.74) is 1.65. The number of hydrogen-bond acceptors (Lipinski definition) is 3. The van der Waals surface area contributed by atoms with E-state index in [9.17, 15) is 10.1 Å². The SMILES string of the molecule is N#CC1CN(C(=O)c2cccc(-n3cccc3)c2)CCN1C1CC1. The summed E-state index contributed by atoms with van der Waals surface area (Å²) >= 11 is 0. The van der Waals surface area contributed by atoms with Crippen molar-refractivity contribution in [2.45, 2.75) is 24.9 Å². The fraction of sp³-hybridized carbons (Fsp3) is 0.368. The van der Waals surface area contributed by atoms with Crippen molar-refractivity contribution in [3.8, 4) is 11.8 Å². The second-order valence-electron chi connectivity index (χ2n) is 6.51. The number of aromatic nitrogens is 1. The highest BCUT2D eigenvalue weighted by molar-refractivity contribution is 5.95. The minimum Gasteiger partial charge on any atom is -0.335 e. The number of carbonyl (C=O) groups is 1. The van der Waals surface area contributed by atoms with Crippen molar-refractivity contribution in [1.29, 1.82) is 5.26 Å². The van der Waals surface area contributed by atoms with E-state index in [2.05, 4.69) is 11.0 Å². The predicted molar refractivity (Wildman–Crippen MR) is 90.8 cm³/mol. The lowest BCUT2D eigenvalue weighted by molar-refractivity contribution is 0.0550. The van der Waals surface area contributed by atoms with Crippen LogP contribution in [0.5, 0.6) is 0 Å². The highest BCUT2D eigenvalue weighted by Crippen LogP contribution is 2.30. The third-order valence-corrected chi connectivity index (χ3v) is 4.87. The Kier molecular flexibility index (Phi) is 3.83. The van der Waals surface area contributed by atoms with Gasteiger partial charge in [-0.1, -0.05) is 6.07 Å². The van der Waals surface area contributed by atoms with Crippen LogP contribution in [0.25, 0.3) is 5.69 Å². The Bertz CT molecular complexity index is 773. The molecule has 4 rings (SSSR count). The first-order valence-electron chi connectivity index (χ1n) is 8.44. The molecule has 0 spiro atoms. The van der Waals surface area contributed by atoms with Gasteiger partial charge in [-0.15, -0.1) is 0 Å². The molecule has 1 aliphatic heterocycles. The first-order chi connectivity index (χ1) is 11.8. The van der Waals surface area contributed by atoms with Gasteiger partial charge in [0.2, 0.25) is 0 Å². The second kappa shape index (κ2) is 6.14. The van der Waals surface area contributed by atoms with Gasteiger partial charge in [0.05, 0.1) is 6.07 Å². The van der Waals surface area contributed by atoms with Crippen molar-refractivity contribution in [3.05, 3.63) is 54.4 Å². The van der Waals surface area contributed by atoms with Gasteiger partial charge in [-0.3, -0.25) is 9.69 Å². The van der Waals surface area contributed by atoms with Gasteiger partial charge in [0, 0.05) is 49.3 Å². The van der Waals surface area contributed by atoms with E-state index in [-0.39, 0.29) is 11.9 Å². The largest absolute Gasteiger partial charge is 0.335 e. The van der Waals surface area contributed by atoms with Crippen molar-refractivity contribution < 1.29 is 4.79 Å². The summed E-state index contributed by atoms with van der Waals surface area (Å²) in [6.45, 7) is 1.99. The third-order valence-electron chi connectivity index (χ3n) is 4.87. The molecule has 122 valence electrons. The van der Waals surface area contributed by atoms with E-state index in [4.69, 9.17) is 0 Å². The summed E-state index contributed by atoms with van der Waals surface area (Å²) in [5, 5.41) is 9.44. The van der Waals surface area contributed by atoms with Crippen LogP contribution in [0.3, 0.4) is 0 Å². The molecular weight excluding hydrogens is 300 g/mol. The lowest BCUT2D eigenvalue weighted by atomic mass is 10.1. The Balaban J connectivity index is 1.52. The van der Waals surface area contributed by atoms with E-state index in [1.807, 2.05) is 58.3 Å². The normalized spacial score (nSPS) is 21.5. The maximum atomic E-state index is 12.9. The molecule has 1 unspecified atom stereocenters. The quantitative estimate of drug-likeness (QED) is 0.872. The number of rotatable bonds is 3. The highest BCUT2D eigenvalue weighted by Gasteiger charge is 2.38. The van der Waals surface area contributed by atoms with Gasteiger partial charge >= 0.3 is 0 Å². The van der Waals surface area contributed by atoms with Crippen LogP contribution >= 0.6 is 0 Å². The summed E-state index contributed by atoms with van der Waals surface area (Å²) in [6.07, 6.45) is 6.30. The van der Waals surface area contributed by atoms with E-state index in [1.54, 1.807) is 0 Å². The summed E-state index contributed by atoms with van der Waals surface area (Å²) in [4.78, 5) is 16.9. The maximum absolute atomic E-state index is 12.9. The molecule has 1 saturated carbocycles. The number of nitrogens with zero attached hydrogens (tertiary/aromatic N) is 4. The number of nitriles is 1. The first kappa shape index (κ1) is 15.0. The van der Waals surface area contributed by atoms with Crippen molar-refractivity contribution in [2.24, 2.45) is 0 Å². The smallest absolute Gasteiger partial charge is 0.254 e. The van der Waals surface area contributed by atoms with Gasteiger partial charge in [0.15, 0.2) is 0 Å². The zero-order valence-corrected chi connectivity index (χ0v) is 13.5. The zero-order valence-electron chi connectivity index (χ0n) is 13.5. The molecule has 2 aliphatic rings. The summed E-state index contributed by atoms with van der Waals surface area (Å²) in [7, 11) is 0. The lowest BCUT2D eigenvalue weighted by Gasteiger charge is -2.38. The Morgan fingerprint density at radius 3 is 2.62 bits per heavy atom. The first-order valence-corrected chi connectivity index (χ1v) is 8.44. The molecule has 0 radical (unpaired) electrons. The average molecular weight is 320 g/mol. The van der Waals surface area contributed by atoms with Gasteiger partial charge in [-0.05, 0) is 43.2 Å². The number of carbonyl (C=O) groups excluding carboxylic acids is 1. The Hall–Kier alpha value is -2.58. The molecule has 2 aromatic rings. The number of hydrogen-bond donors (Lipinski definition) is 0. The fourth-order valence-corrected chi connectivity index (χ4v) is 3.43. The van der Waals surface area contributed by atoms with Crippen molar-refractivity contribution in [3.63, 3.8) is 0 Å². The molecule has 2 heterocycles. The van der Waals surface area contributed by atoms with Crippen LogP contribution in [0, 0.1) is 11.3 Å². The topological polar surface area (TPSA) is 52.3 Å². The minimum atomic E-state index is -0.178. The number of amides is 1. The predicted octanol–water partition coefficient (Wildman–Crippen LogP) is 2.29. The molecule has 1 atom stereocenters. The maximum Gasteiger partial charge on any atom is 0.254 e. The molecule has 24 heavy (non-hydrogen) atoms. The molecule has 5 heteroatoms. The van der Waals surface area contributed by atoms with E-state index in [1.165, 1.54) is 12.8 Å². The molecule has 1 saturated heterocycles. The van der Waals surface area contributed by atoms with Gasteiger partial charge in [-0.25, -0.2) is 0 Å². The summed E-state index contributed by atoms with van der Waals surface area (Å²) in [6, 6.07) is 14.3. The van der Waals surface area contributed by atoms with Crippen LogP contribution in [-0.4, -0.2) is 52.0 Å². The van der Waals surface area contributed by atoms with Gasteiger partial charge < -0.3 is 9.47 Å². The minimum absolute atomic E-state index is 0.0136. The molecule has 1 aromatic heterocycles. The zero-order chi connectivity index (χ0) is 16.5. The molecular formula is C19H20N4O. The fourth-order valence-electron chi connectivity index (χ4n) is 3.43. The van der Waals surface area contributed by atoms with Crippen LogP contribution in [0.2, 0.25) is 0 Å². The van der Waals surface area contributed by atoms with Crippen LogP contribution in [-0.2, 0) is 0 Å². The number of piperazine rings is 1. The molecule has 1 aliphatic carbocycles. The molecule has 2 fully saturated rings. The summed E-state index contributed by atoms with van der Waals surface area (Å²) < 4.78 is 1.99. The van der Waals surface area contributed by atoms with Gasteiger partial charge in [0.1, 0.15) is 6.04 Å². The molecule has 1 amide bonds. The molecule has 0 bridgehead atoms. The average Bonchev–Trinajstić information content (AvgIpc) is 3.33. The van der Waals surface area contributed by atoms with Crippen LogP contribution in [0.15, 0.2) is 48.8 Å².